The second-order valence-electron chi connectivity index (χ2n) is 2.84. The van der Waals surface area contributed by atoms with E-state index in [0.29, 0.717) is 0 Å². The lowest BCUT2D eigenvalue weighted by Crippen LogP contribution is -2.29. The van der Waals surface area contributed by atoms with E-state index >= 15 is 0 Å². The SMILES string of the molecule is NC(c1ccccc1[N+](=O)[O-])C(F)(F)F. The summed E-state index contributed by atoms with van der Waals surface area (Å²) in [6.45, 7) is 0. The minimum atomic E-state index is -4.69. The Morgan fingerprint density at radius 2 is 1.87 bits per heavy atom. The zero-order valence-corrected chi connectivity index (χ0v) is 7.36. The number of nitro groups is 1. The van der Waals surface area contributed by atoms with Crippen LogP contribution in [-0.4, -0.2) is 11.1 Å². The van der Waals surface area contributed by atoms with Gasteiger partial charge in [0.2, 0.25) is 0 Å². The fraction of sp³-hybridized carbons (Fsp3) is 0.250. The smallest absolute Gasteiger partial charge is 0.316 e. The maximum Gasteiger partial charge on any atom is 0.407 e. The third kappa shape index (κ3) is 2.44. The molecule has 0 saturated heterocycles. The molecule has 4 nitrogen and oxygen atoms in total. The normalized spacial score (nSPS) is 13.6. The standard InChI is InChI=1S/C8H7F3N2O2/c9-8(10,11)7(12)5-3-1-2-4-6(5)13(14)15/h1-4,7H,12H2. The molecule has 1 unspecified atom stereocenters. The summed E-state index contributed by atoms with van der Waals surface area (Å²) >= 11 is 0. The molecule has 0 bridgehead atoms. The number of alkyl halides is 3. The van der Waals surface area contributed by atoms with Gasteiger partial charge < -0.3 is 5.73 Å². The molecule has 0 fully saturated rings. The topological polar surface area (TPSA) is 69.2 Å². The molecular weight excluding hydrogens is 213 g/mol. The van der Waals surface area contributed by atoms with E-state index in [1.54, 1.807) is 0 Å². The van der Waals surface area contributed by atoms with Crippen LogP contribution in [0.15, 0.2) is 24.3 Å². The van der Waals surface area contributed by atoms with E-state index in [9.17, 15) is 23.3 Å². The molecule has 1 atom stereocenters. The van der Waals surface area contributed by atoms with Crippen molar-refractivity contribution in [2.24, 2.45) is 5.73 Å². The number of nitro benzene ring substituents is 1. The number of nitrogens with zero attached hydrogens (tertiary/aromatic N) is 1. The van der Waals surface area contributed by atoms with Gasteiger partial charge in [0, 0.05) is 6.07 Å². The summed E-state index contributed by atoms with van der Waals surface area (Å²) in [6.07, 6.45) is -4.69. The maximum absolute atomic E-state index is 12.2. The molecule has 1 aromatic carbocycles. The van der Waals surface area contributed by atoms with Gasteiger partial charge in [0.1, 0.15) is 6.04 Å². The molecule has 0 aliphatic rings. The molecule has 15 heavy (non-hydrogen) atoms. The largest absolute Gasteiger partial charge is 0.407 e. The van der Waals surface area contributed by atoms with Gasteiger partial charge in [-0.15, -0.1) is 0 Å². The molecule has 0 heterocycles. The molecule has 0 aromatic heterocycles. The van der Waals surface area contributed by atoms with Gasteiger partial charge in [-0.3, -0.25) is 10.1 Å². The Morgan fingerprint density at radius 3 is 2.33 bits per heavy atom. The van der Waals surface area contributed by atoms with Crippen LogP contribution in [0.1, 0.15) is 11.6 Å². The minimum Gasteiger partial charge on any atom is -0.316 e. The lowest BCUT2D eigenvalue weighted by atomic mass is 10.1. The molecule has 0 aliphatic carbocycles. The van der Waals surface area contributed by atoms with Gasteiger partial charge in [0.25, 0.3) is 5.69 Å². The molecule has 0 saturated carbocycles. The number of halogens is 3. The van der Waals surface area contributed by atoms with Crippen molar-refractivity contribution < 1.29 is 18.1 Å². The summed E-state index contributed by atoms with van der Waals surface area (Å²) in [5, 5.41) is 10.4. The van der Waals surface area contributed by atoms with Crippen LogP contribution in [-0.2, 0) is 0 Å². The van der Waals surface area contributed by atoms with Crippen LogP contribution in [0.4, 0.5) is 18.9 Å². The third-order valence-corrected chi connectivity index (χ3v) is 1.82. The highest BCUT2D eigenvalue weighted by atomic mass is 19.4. The third-order valence-electron chi connectivity index (χ3n) is 1.82. The summed E-state index contributed by atoms with van der Waals surface area (Å²) in [7, 11) is 0. The molecule has 0 spiro atoms. The van der Waals surface area contributed by atoms with Crippen LogP contribution in [0.2, 0.25) is 0 Å². The number of nitrogens with two attached hydrogens (primary N) is 1. The molecule has 0 radical (unpaired) electrons. The van der Waals surface area contributed by atoms with E-state index in [-0.39, 0.29) is 0 Å². The van der Waals surface area contributed by atoms with Crippen LogP contribution in [0.3, 0.4) is 0 Å². The highest BCUT2D eigenvalue weighted by molar-refractivity contribution is 5.42. The number of hydrogen-bond acceptors (Lipinski definition) is 3. The zero-order chi connectivity index (χ0) is 11.6. The summed E-state index contributed by atoms with van der Waals surface area (Å²) in [5.74, 6) is 0. The number of hydrogen-bond donors (Lipinski definition) is 1. The van der Waals surface area contributed by atoms with Gasteiger partial charge in [-0.1, -0.05) is 18.2 Å². The Hall–Kier alpha value is -1.63. The van der Waals surface area contributed by atoms with Crippen LogP contribution in [0.5, 0.6) is 0 Å². The lowest BCUT2D eigenvalue weighted by Gasteiger charge is -2.15. The van der Waals surface area contributed by atoms with Gasteiger partial charge in [0.15, 0.2) is 0 Å². The van der Waals surface area contributed by atoms with Crippen molar-refractivity contribution in [2.75, 3.05) is 0 Å². The quantitative estimate of drug-likeness (QED) is 0.613. The molecule has 0 amide bonds. The Bertz CT molecular complexity index is 378. The highest BCUT2D eigenvalue weighted by Gasteiger charge is 2.40. The van der Waals surface area contributed by atoms with Crippen LogP contribution in [0.25, 0.3) is 0 Å². The van der Waals surface area contributed by atoms with E-state index in [4.69, 9.17) is 5.73 Å². The first kappa shape index (κ1) is 11.4. The second-order valence-corrected chi connectivity index (χ2v) is 2.84. The molecule has 2 N–H and O–H groups in total. The lowest BCUT2D eigenvalue weighted by molar-refractivity contribution is -0.386. The van der Waals surface area contributed by atoms with Gasteiger partial charge >= 0.3 is 6.18 Å². The minimum absolute atomic E-state index is 0.532. The molecule has 0 aliphatic heterocycles. The van der Waals surface area contributed by atoms with Crippen molar-refractivity contribution in [2.45, 2.75) is 12.2 Å². The van der Waals surface area contributed by atoms with Gasteiger partial charge in [-0.05, 0) is 0 Å². The number of rotatable bonds is 2. The first-order valence-electron chi connectivity index (χ1n) is 3.89. The summed E-state index contributed by atoms with van der Waals surface area (Å²) < 4.78 is 36.7. The summed E-state index contributed by atoms with van der Waals surface area (Å²) in [4.78, 5) is 9.55. The molecule has 1 rings (SSSR count). The molecule has 7 heteroatoms. The van der Waals surface area contributed by atoms with E-state index in [2.05, 4.69) is 0 Å². The van der Waals surface area contributed by atoms with Crippen LogP contribution < -0.4 is 5.73 Å². The molecular formula is C8H7F3N2O2. The number of benzene rings is 1. The Labute approximate surface area is 82.7 Å². The van der Waals surface area contributed by atoms with Crippen molar-refractivity contribution in [3.63, 3.8) is 0 Å². The van der Waals surface area contributed by atoms with Crippen molar-refractivity contribution in [3.8, 4) is 0 Å². The van der Waals surface area contributed by atoms with E-state index < -0.39 is 28.4 Å². The second kappa shape index (κ2) is 3.85. The molecule has 1 aromatic rings. The summed E-state index contributed by atoms with van der Waals surface area (Å²) in [6, 6.07) is 2.20. The van der Waals surface area contributed by atoms with E-state index in [1.165, 1.54) is 12.1 Å². The van der Waals surface area contributed by atoms with Crippen LogP contribution in [0, 0.1) is 10.1 Å². The Morgan fingerprint density at radius 1 is 1.33 bits per heavy atom. The first-order valence-corrected chi connectivity index (χ1v) is 3.89. The molecule has 82 valence electrons. The number of para-hydroxylation sites is 1. The fourth-order valence-electron chi connectivity index (χ4n) is 1.09. The predicted molar refractivity (Wildman–Crippen MR) is 46.1 cm³/mol. The van der Waals surface area contributed by atoms with Gasteiger partial charge in [-0.2, -0.15) is 13.2 Å². The Balaban J connectivity index is 3.19. The van der Waals surface area contributed by atoms with Crippen molar-refractivity contribution in [1.29, 1.82) is 0 Å². The predicted octanol–water partition coefficient (Wildman–Crippen LogP) is 2.16. The monoisotopic (exact) mass is 220 g/mol. The van der Waals surface area contributed by atoms with E-state index in [1.807, 2.05) is 0 Å². The maximum atomic E-state index is 12.2. The van der Waals surface area contributed by atoms with Crippen molar-refractivity contribution in [1.82, 2.24) is 0 Å². The van der Waals surface area contributed by atoms with Crippen LogP contribution >= 0.6 is 0 Å². The fourth-order valence-corrected chi connectivity index (χ4v) is 1.09. The van der Waals surface area contributed by atoms with Gasteiger partial charge in [0.05, 0.1) is 10.5 Å². The highest BCUT2D eigenvalue weighted by Crippen LogP contribution is 2.34. The van der Waals surface area contributed by atoms with Gasteiger partial charge in [-0.25, -0.2) is 0 Å². The van der Waals surface area contributed by atoms with Crippen molar-refractivity contribution in [3.05, 3.63) is 39.9 Å². The summed E-state index contributed by atoms with van der Waals surface area (Å²) in [5.41, 5.74) is 3.73. The first-order chi connectivity index (χ1) is 6.84. The Kier molecular flexibility index (Phi) is 2.94. The average Bonchev–Trinajstić information content (AvgIpc) is 2.15. The van der Waals surface area contributed by atoms with E-state index in [0.717, 1.165) is 12.1 Å². The van der Waals surface area contributed by atoms with Crippen molar-refractivity contribution >= 4 is 5.69 Å². The zero-order valence-electron chi connectivity index (χ0n) is 7.36. The average molecular weight is 220 g/mol.